The zero-order chi connectivity index (χ0) is 17.5. The van der Waals surface area contributed by atoms with E-state index in [0.717, 1.165) is 11.3 Å². The molecule has 0 aliphatic carbocycles. The van der Waals surface area contributed by atoms with Crippen LogP contribution in [-0.4, -0.2) is 23.2 Å². The number of benzene rings is 1. The number of carbonyl (C=O) groups is 1. The first-order chi connectivity index (χ1) is 11.5. The second kappa shape index (κ2) is 8.24. The Hall–Kier alpha value is -2.69. The van der Waals surface area contributed by atoms with E-state index in [4.69, 9.17) is 4.84 Å². The van der Waals surface area contributed by atoms with Gasteiger partial charge in [-0.15, -0.1) is 0 Å². The summed E-state index contributed by atoms with van der Waals surface area (Å²) in [5.74, 6) is 0.00721. The van der Waals surface area contributed by atoms with Gasteiger partial charge in [-0.2, -0.15) is 0 Å². The molecule has 0 bridgehead atoms. The summed E-state index contributed by atoms with van der Waals surface area (Å²) in [7, 11) is 0. The zero-order valence-electron chi connectivity index (χ0n) is 14.5. The van der Waals surface area contributed by atoms with Gasteiger partial charge in [-0.3, -0.25) is 9.78 Å². The number of hydrogen-bond acceptors (Lipinski definition) is 4. The minimum Gasteiger partial charge on any atom is -0.395 e. The lowest BCUT2D eigenvalue weighted by Crippen LogP contribution is -2.24. The Kier molecular flexibility index (Phi) is 6.07. The van der Waals surface area contributed by atoms with Gasteiger partial charge in [-0.25, -0.2) is 0 Å². The lowest BCUT2D eigenvalue weighted by Gasteiger charge is -2.10. The summed E-state index contributed by atoms with van der Waals surface area (Å²) in [5, 5.41) is 6.89. The molecular formula is C19H23N3O2. The SMILES string of the molecule is Cc1cc(NC(=O)/C(=N/OCC(C)C)c2ccccc2)cnc1C. The predicted octanol–water partition coefficient (Wildman–Crippen LogP) is 3.71. The van der Waals surface area contributed by atoms with Gasteiger partial charge in [0.05, 0.1) is 11.9 Å². The summed E-state index contributed by atoms with van der Waals surface area (Å²) in [6, 6.07) is 11.2. The lowest BCUT2D eigenvalue weighted by atomic mass is 10.1. The monoisotopic (exact) mass is 325 g/mol. The number of oxime groups is 1. The molecule has 1 aromatic carbocycles. The van der Waals surface area contributed by atoms with Crippen LogP contribution in [0.1, 0.15) is 30.7 Å². The number of nitrogens with zero attached hydrogens (tertiary/aromatic N) is 2. The van der Waals surface area contributed by atoms with Gasteiger partial charge in [0.25, 0.3) is 5.91 Å². The van der Waals surface area contributed by atoms with Gasteiger partial charge in [-0.1, -0.05) is 49.3 Å². The van der Waals surface area contributed by atoms with E-state index in [-0.39, 0.29) is 11.6 Å². The van der Waals surface area contributed by atoms with Crippen molar-refractivity contribution in [1.82, 2.24) is 4.98 Å². The molecule has 1 aromatic heterocycles. The molecule has 0 fully saturated rings. The fourth-order valence-corrected chi connectivity index (χ4v) is 1.97. The van der Waals surface area contributed by atoms with E-state index in [1.807, 2.05) is 64.1 Å². The van der Waals surface area contributed by atoms with Crippen LogP contribution >= 0.6 is 0 Å². The minimum absolute atomic E-state index is 0.245. The summed E-state index contributed by atoms with van der Waals surface area (Å²) >= 11 is 0. The Bertz CT molecular complexity index is 725. The molecule has 5 nitrogen and oxygen atoms in total. The number of rotatable bonds is 6. The van der Waals surface area contributed by atoms with Crippen molar-refractivity contribution >= 4 is 17.3 Å². The minimum atomic E-state index is -0.324. The van der Waals surface area contributed by atoms with Crippen LogP contribution in [0.4, 0.5) is 5.69 Å². The second-order valence-corrected chi connectivity index (χ2v) is 6.08. The number of hydrogen-bond donors (Lipinski definition) is 1. The Morgan fingerprint density at radius 2 is 1.96 bits per heavy atom. The summed E-state index contributed by atoms with van der Waals surface area (Å²) in [6.45, 7) is 8.39. The summed E-state index contributed by atoms with van der Waals surface area (Å²) in [4.78, 5) is 22.2. The van der Waals surface area contributed by atoms with Gasteiger partial charge in [0.15, 0.2) is 5.71 Å². The van der Waals surface area contributed by atoms with E-state index in [1.54, 1.807) is 6.20 Å². The number of aromatic nitrogens is 1. The first-order valence-corrected chi connectivity index (χ1v) is 7.97. The van der Waals surface area contributed by atoms with Crippen LogP contribution in [0.15, 0.2) is 47.8 Å². The second-order valence-electron chi connectivity index (χ2n) is 6.08. The number of nitrogens with one attached hydrogen (secondary N) is 1. The van der Waals surface area contributed by atoms with Crippen molar-refractivity contribution in [3.63, 3.8) is 0 Å². The molecule has 0 spiro atoms. The van der Waals surface area contributed by atoms with Crippen LogP contribution in [0.5, 0.6) is 0 Å². The predicted molar refractivity (Wildman–Crippen MR) is 96.1 cm³/mol. The average Bonchev–Trinajstić information content (AvgIpc) is 2.55. The number of anilines is 1. The van der Waals surface area contributed by atoms with E-state index in [2.05, 4.69) is 15.5 Å². The first kappa shape index (κ1) is 17.7. The average molecular weight is 325 g/mol. The van der Waals surface area contributed by atoms with Crippen molar-refractivity contribution in [1.29, 1.82) is 0 Å². The highest BCUT2D eigenvalue weighted by Crippen LogP contribution is 2.12. The molecule has 2 rings (SSSR count). The van der Waals surface area contributed by atoms with E-state index < -0.39 is 0 Å². The number of amides is 1. The van der Waals surface area contributed by atoms with Crippen LogP contribution < -0.4 is 5.32 Å². The molecule has 0 unspecified atom stereocenters. The van der Waals surface area contributed by atoms with Crippen LogP contribution in [0.3, 0.4) is 0 Å². The van der Waals surface area contributed by atoms with Gasteiger partial charge < -0.3 is 10.2 Å². The maximum absolute atomic E-state index is 12.6. The maximum Gasteiger partial charge on any atom is 0.278 e. The third-order valence-corrected chi connectivity index (χ3v) is 3.42. The van der Waals surface area contributed by atoms with Gasteiger partial charge in [-0.05, 0) is 31.4 Å². The normalized spacial score (nSPS) is 11.5. The van der Waals surface area contributed by atoms with Gasteiger partial charge in [0.1, 0.15) is 6.61 Å². The van der Waals surface area contributed by atoms with Crippen molar-refractivity contribution in [2.45, 2.75) is 27.7 Å². The number of pyridine rings is 1. The fraction of sp³-hybridized carbons (Fsp3) is 0.316. The molecule has 1 heterocycles. The molecule has 5 heteroatoms. The molecule has 1 N–H and O–H groups in total. The van der Waals surface area contributed by atoms with Gasteiger partial charge >= 0.3 is 0 Å². The van der Waals surface area contributed by atoms with E-state index in [9.17, 15) is 4.79 Å². The summed E-state index contributed by atoms with van der Waals surface area (Å²) in [5.41, 5.74) is 3.54. The van der Waals surface area contributed by atoms with Crippen molar-refractivity contribution in [3.05, 3.63) is 59.4 Å². The Labute approximate surface area is 142 Å². The highest BCUT2D eigenvalue weighted by molar-refractivity contribution is 6.48. The van der Waals surface area contributed by atoms with Crippen LogP contribution in [0.25, 0.3) is 0 Å². The Morgan fingerprint density at radius 3 is 2.58 bits per heavy atom. The number of carbonyl (C=O) groups excluding carboxylic acids is 1. The molecule has 0 saturated carbocycles. The Balaban J connectivity index is 2.22. The van der Waals surface area contributed by atoms with E-state index >= 15 is 0 Å². The highest BCUT2D eigenvalue weighted by Gasteiger charge is 2.16. The zero-order valence-corrected chi connectivity index (χ0v) is 14.5. The smallest absolute Gasteiger partial charge is 0.278 e. The third kappa shape index (κ3) is 4.91. The molecule has 24 heavy (non-hydrogen) atoms. The standard InChI is InChI=1S/C19H23N3O2/c1-13(2)12-24-22-18(16-8-6-5-7-9-16)19(23)21-17-10-14(3)15(4)20-11-17/h5-11,13H,12H2,1-4H3,(H,21,23)/b22-18+. The molecule has 0 aliphatic heterocycles. The summed E-state index contributed by atoms with van der Waals surface area (Å²) < 4.78 is 0. The quantitative estimate of drug-likeness (QED) is 0.650. The molecule has 2 aromatic rings. The van der Waals surface area contributed by atoms with Crippen LogP contribution in [0, 0.1) is 19.8 Å². The molecule has 0 radical (unpaired) electrons. The van der Waals surface area contributed by atoms with Crippen molar-refractivity contribution in [3.8, 4) is 0 Å². The van der Waals surface area contributed by atoms with Gasteiger partial charge in [0, 0.05) is 11.3 Å². The fourth-order valence-electron chi connectivity index (χ4n) is 1.97. The van der Waals surface area contributed by atoms with Gasteiger partial charge in [0.2, 0.25) is 0 Å². The Morgan fingerprint density at radius 1 is 1.25 bits per heavy atom. The molecule has 0 saturated heterocycles. The van der Waals surface area contributed by atoms with Crippen LogP contribution in [-0.2, 0) is 9.63 Å². The van der Waals surface area contributed by atoms with Crippen molar-refractivity contribution < 1.29 is 9.63 Å². The third-order valence-electron chi connectivity index (χ3n) is 3.42. The summed E-state index contributed by atoms with van der Waals surface area (Å²) in [6.07, 6.45) is 1.64. The molecule has 0 atom stereocenters. The topological polar surface area (TPSA) is 63.6 Å². The number of aryl methyl sites for hydroxylation is 2. The molecule has 1 amide bonds. The van der Waals surface area contributed by atoms with Crippen molar-refractivity contribution in [2.75, 3.05) is 11.9 Å². The largest absolute Gasteiger partial charge is 0.395 e. The maximum atomic E-state index is 12.6. The highest BCUT2D eigenvalue weighted by atomic mass is 16.6. The van der Waals surface area contributed by atoms with Crippen molar-refractivity contribution in [2.24, 2.45) is 11.1 Å². The lowest BCUT2D eigenvalue weighted by molar-refractivity contribution is -0.110. The van der Waals surface area contributed by atoms with E-state index in [0.29, 0.717) is 23.8 Å². The van der Waals surface area contributed by atoms with E-state index in [1.165, 1.54) is 0 Å². The molecule has 126 valence electrons. The molecule has 0 aliphatic rings. The molecular weight excluding hydrogens is 302 g/mol. The first-order valence-electron chi connectivity index (χ1n) is 7.97. The van der Waals surface area contributed by atoms with Crippen LogP contribution in [0.2, 0.25) is 0 Å².